The number of carbonyl (C=O) groups is 2. The molecule has 102 valence electrons. The van der Waals surface area contributed by atoms with E-state index >= 15 is 0 Å². The fourth-order valence-electron chi connectivity index (χ4n) is 1.81. The predicted molar refractivity (Wildman–Crippen MR) is 73.0 cm³/mol. The molecule has 0 unspecified atom stereocenters. The van der Waals surface area contributed by atoms with Gasteiger partial charge < -0.3 is 14.9 Å². The van der Waals surface area contributed by atoms with E-state index < -0.39 is 11.9 Å². The summed E-state index contributed by atoms with van der Waals surface area (Å²) >= 11 is 0. The van der Waals surface area contributed by atoms with E-state index in [1.165, 1.54) is 25.1 Å². The standard InChI is InChI=1S/C15H12O5/c1-8(2)15(19)20-12-5-3-4-9-11(16)7-6-10(13(9)12)14(17)18/h3-7,16H,1H2,2H3,(H,17,18). The number of fused-ring (bicyclic) bond motifs is 1. The molecule has 0 aromatic heterocycles. The van der Waals surface area contributed by atoms with Crippen molar-refractivity contribution in [2.45, 2.75) is 6.92 Å². The Labute approximate surface area is 114 Å². The molecule has 0 atom stereocenters. The highest BCUT2D eigenvalue weighted by molar-refractivity contribution is 6.09. The van der Waals surface area contributed by atoms with Crippen molar-refractivity contribution in [3.63, 3.8) is 0 Å². The van der Waals surface area contributed by atoms with Crippen LogP contribution < -0.4 is 4.74 Å². The SMILES string of the molecule is C=C(C)C(=O)Oc1cccc2c(O)ccc(C(=O)O)c12. The minimum Gasteiger partial charge on any atom is -0.507 e. The third-order valence-corrected chi connectivity index (χ3v) is 2.76. The molecule has 2 rings (SSSR count). The van der Waals surface area contributed by atoms with E-state index in [2.05, 4.69) is 6.58 Å². The fourth-order valence-corrected chi connectivity index (χ4v) is 1.81. The lowest BCUT2D eigenvalue weighted by atomic mass is 10.0. The topological polar surface area (TPSA) is 83.8 Å². The van der Waals surface area contributed by atoms with Gasteiger partial charge in [-0.2, -0.15) is 0 Å². The number of esters is 1. The van der Waals surface area contributed by atoms with Gasteiger partial charge >= 0.3 is 11.9 Å². The number of aromatic hydroxyl groups is 1. The second-order valence-corrected chi connectivity index (χ2v) is 4.29. The van der Waals surface area contributed by atoms with Crippen LogP contribution in [0.4, 0.5) is 0 Å². The van der Waals surface area contributed by atoms with Crippen molar-refractivity contribution >= 4 is 22.7 Å². The van der Waals surface area contributed by atoms with Crippen LogP contribution in [0.3, 0.4) is 0 Å². The third-order valence-electron chi connectivity index (χ3n) is 2.76. The van der Waals surface area contributed by atoms with Gasteiger partial charge in [0.1, 0.15) is 11.5 Å². The molecule has 2 N–H and O–H groups in total. The molecule has 5 heteroatoms. The Morgan fingerprint density at radius 1 is 1.20 bits per heavy atom. The van der Waals surface area contributed by atoms with Crippen molar-refractivity contribution in [3.05, 3.63) is 48.0 Å². The first kappa shape index (κ1) is 13.6. The van der Waals surface area contributed by atoms with E-state index in [0.29, 0.717) is 5.39 Å². The van der Waals surface area contributed by atoms with E-state index in [1.807, 2.05) is 0 Å². The van der Waals surface area contributed by atoms with E-state index in [1.54, 1.807) is 12.1 Å². The predicted octanol–water partition coefficient (Wildman–Crippen LogP) is 2.73. The van der Waals surface area contributed by atoms with Crippen LogP contribution in [-0.4, -0.2) is 22.2 Å². The molecule has 0 spiro atoms. The van der Waals surface area contributed by atoms with Gasteiger partial charge in [-0.1, -0.05) is 18.7 Å². The van der Waals surface area contributed by atoms with Crippen LogP contribution in [0.1, 0.15) is 17.3 Å². The number of carboxylic acid groups (broad SMARTS) is 1. The summed E-state index contributed by atoms with van der Waals surface area (Å²) in [5, 5.41) is 19.5. The zero-order valence-electron chi connectivity index (χ0n) is 10.7. The number of phenols is 1. The molecule has 20 heavy (non-hydrogen) atoms. The minimum absolute atomic E-state index is 0.0529. The quantitative estimate of drug-likeness (QED) is 0.510. The molecule has 0 radical (unpaired) electrons. The molecule has 2 aromatic rings. The molecule has 0 aliphatic rings. The van der Waals surface area contributed by atoms with Gasteiger partial charge in [-0.15, -0.1) is 0 Å². The summed E-state index contributed by atoms with van der Waals surface area (Å²) in [6.07, 6.45) is 0. The molecule has 0 aliphatic heterocycles. The van der Waals surface area contributed by atoms with Crippen LogP contribution in [0.2, 0.25) is 0 Å². The maximum Gasteiger partial charge on any atom is 0.338 e. The van der Waals surface area contributed by atoms with Crippen molar-refractivity contribution in [3.8, 4) is 11.5 Å². The molecule has 5 nitrogen and oxygen atoms in total. The molecular formula is C15H12O5. The molecule has 0 amide bonds. The van der Waals surface area contributed by atoms with Gasteiger partial charge in [0.05, 0.1) is 5.56 Å². The number of ether oxygens (including phenoxy) is 1. The van der Waals surface area contributed by atoms with Gasteiger partial charge in [-0.25, -0.2) is 9.59 Å². The average Bonchev–Trinajstić information content (AvgIpc) is 2.39. The number of aromatic carboxylic acids is 1. The van der Waals surface area contributed by atoms with Gasteiger partial charge in [-0.3, -0.25) is 0 Å². The normalized spacial score (nSPS) is 10.2. The van der Waals surface area contributed by atoms with Crippen LogP contribution in [0, 0.1) is 0 Å². The first-order chi connectivity index (χ1) is 9.41. The Morgan fingerprint density at radius 3 is 2.50 bits per heavy atom. The highest BCUT2D eigenvalue weighted by Crippen LogP contribution is 2.34. The van der Waals surface area contributed by atoms with Gasteiger partial charge in [0, 0.05) is 16.3 Å². The summed E-state index contributed by atoms with van der Waals surface area (Å²) < 4.78 is 5.12. The Bertz CT molecular complexity index is 730. The Morgan fingerprint density at radius 2 is 1.90 bits per heavy atom. The summed E-state index contributed by atoms with van der Waals surface area (Å²) in [5.41, 5.74) is 0.141. The maximum absolute atomic E-state index is 11.6. The Kier molecular flexibility index (Phi) is 3.43. The smallest absolute Gasteiger partial charge is 0.338 e. The van der Waals surface area contributed by atoms with Crippen LogP contribution >= 0.6 is 0 Å². The van der Waals surface area contributed by atoms with Crippen molar-refractivity contribution < 1.29 is 24.5 Å². The number of carbonyl (C=O) groups excluding carboxylic acids is 1. The number of hydrogen-bond donors (Lipinski definition) is 2. The van der Waals surface area contributed by atoms with Crippen molar-refractivity contribution in [1.82, 2.24) is 0 Å². The molecule has 0 saturated heterocycles. The molecule has 2 aromatic carbocycles. The first-order valence-electron chi connectivity index (χ1n) is 5.77. The van der Waals surface area contributed by atoms with Crippen LogP contribution in [0.25, 0.3) is 10.8 Å². The average molecular weight is 272 g/mol. The monoisotopic (exact) mass is 272 g/mol. The molecule has 0 bridgehead atoms. The summed E-state index contributed by atoms with van der Waals surface area (Å²) in [6.45, 7) is 4.96. The molecule has 0 fully saturated rings. The van der Waals surface area contributed by atoms with E-state index in [9.17, 15) is 19.8 Å². The maximum atomic E-state index is 11.6. The van der Waals surface area contributed by atoms with E-state index in [0.717, 1.165) is 0 Å². The van der Waals surface area contributed by atoms with Crippen molar-refractivity contribution in [2.75, 3.05) is 0 Å². The van der Waals surface area contributed by atoms with Crippen LogP contribution in [0.5, 0.6) is 11.5 Å². The highest BCUT2D eigenvalue weighted by Gasteiger charge is 2.17. The lowest BCUT2D eigenvalue weighted by molar-refractivity contribution is -0.129. The summed E-state index contributed by atoms with van der Waals surface area (Å²) in [7, 11) is 0. The summed E-state index contributed by atoms with van der Waals surface area (Å²) in [4.78, 5) is 22.8. The van der Waals surface area contributed by atoms with Crippen LogP contribution in [0.15, 0.2) is 42.5 Å². The highest BCUT2D eigenvalue weighted by atomic mass is 16.5. The zero-order chi connectivity index (χ0) is 14.9. The lowest BCUT2D eigenvalue weighted by Crippen LogP contribution is -2.09. The summed E-state index contributed by atoms with van der Waals surface area (Å²) in [5.74, 6) is -1.84. The van der Waals surface area contributed by atoms with Gasteiger partial charge in [0.15, 0.2) is 0 Å². The fraction of sp³-hybridized carbons (Fsp3) is 0.0667. The largest absolute Gasteiger partial charge is 0.507 e. The zero-order valence-corrected chi connectivity index (χ0v) is 10.7. The number of carboxylic acids is 1. The van der Waals surface area contributed by atoms with Gasteiger partial charge in [0.25, 0.3) is 0 Å². The lowest BCUT2D eigenvalue weighted by Gasteiger charge is -2.10. The van der Waals surface area contributed by atoms with Gasteiger partial charge in [-0.05, 0) is 25.1 Å². The van der Waals surface area contributed by atoms with E-state index in [4.69, 9.17) is 4.74 Å². The van der Waals surface area contributed by atoms with Crippen LogP contribution in [-0.2, 0) is 4.79 Å². The van der Waals surface area contributed by atoms with Crippen molar-refractivity contribution in [1.29, 1.82) is 0 Å². The first-order valence-corrected chi connectivity index (χ1v) is 5.77. The molecule has 0 aliphatic carbocycles. The molecular weight excluding hydrogens is 260 g/mol. The second-order valence-electron chi connectivity index (χ2n) is 4.29. The number of rotatable bonds is 3. The number of phenolic OH excluding ortho intramolecular Hbond substituents is 1. The van der Waals surface area contributed by atoms with Crippen molar-refractivity contribution in [2.24, 2.45) is 0 Å². The Balaban J connectivity index is 2.72. The van der Waals surface area contributed by atoms with E-state index in [-0.39, 0.29) is 28.0 Å². The minimum atomic E-state index is -1.17. The second kappa shape index (κ2) is 5.05. The molecule has 0 saturated carbocycles. The van der Waals surface area contributed by atoms with Gasteiger partial charge in [0.2, 0.25) is 0 Å². The third kappa shape index (κ3) is 2.33. The number of hydrogen-bond acceptors (Lipinski definition) is 4. The Hall–Kier alpha value is -2.82. The number of benzene rings is 2. The molecule has 0 heterocycles. The summed E-state index contributed by atoms with van der Waals surface area (Å²) in [6, 6.07) is 7.13.